The Hall–Kier alpha value is -0.960. The van der Waals surface area contributed by atoms with Gasteiger partial charge in [-0.05, 0) is 31.0 Å². The van der Waals surface area contributed by atoms with Crippen LogP contribution in [0.5, 0.6) is 11.5 Å². The van der Waals surface area contributed by atoms with E-state index in [2.05, 4.69) is 35.9 Å². The second-order valence-electron chi connectivity index (χ2n) is 3.88. The molecular formula is C14H19BrO2. The molecule has 94 valence electrons. The van der Waals surface area contributed by atoms with Gasteiger partial charge in [-0.25, -0.2) is 0 Å². The topological polar surface area (TPSA) is 18.5 Å². The average molecular weight is 299 g/mol. The normalized spacial score (nSPS) is 11.4. The molecule has 0 amide bonds. The second kappa shape index (κ2) is 7.38. The smallest absolute Gasteiger partial charge is 0.161 e. The second-order valence-corrected chi connectivity index (χ2v) is 4.44. The molecule has 0 aromatic heterocycles. The van der Waals surface area contributed by atoms with Crippen LogP contribution in [0.1, 0.15) is 25.8 Å². The minimum Gasteiger partial charge on any atom is -0.493 e. The molecular weight excluding hydrogens is 280 g/mol. The van der Waals surface area contributed by atoms with Crippen molar-refractivity contribution in [2.45, 2.75) is 20.3 Å². The number of rotatable bonds is 6. The Bertz CT molecular complexity index is 386. The van der Waals surface area contributed by atoms with Crippen molar-refractivity contribution >= 4 is 22.0 Å². The molecule has 1 rings (SSSR count). The summed E-state index contributed by atoms with van der Waals surface area (Å²) >= 11 is 3.43. The van der Waals surface area contributed by atoms with Crippen LogP contribution in [0.25, 0.3) is 6.08 Å². The fourth-order valence-corrected chi connectivity index (χ4v) is 1.59. The molecule has 0 aliphatic carbocycles. The summed E-state index contributed by atoms with van der Waals surface area (Å²) in [4.78, 5) is 0. The molecule has 3 heteroatoms. The van der Waals surface area contributed by atoms with Crippen molar-refractivity contribution in [2.75, 3.05) is 19.0 Å². The van der Waals surface area contributed by atoms with Crippen LogP contribution in [0.4, 0.5) is 0 Å². The van der Waals surface area contributed by atoms with E-state index in [0.29, 0.717) is 6.61 Å². The molecule has 0 N–H and O–H groups in total. The van der Waals surface area contributed by atoms with Gasteiger partial charge in [0.15, 0.2) is 11.5 Å². The number of ether oxygens (including phenoxy) is 2. The van der Waals surface area contributed by atoms with Gasteiger partial charge in [-0.2, -0.15) is 0 Å². The number of allylic oxidation sites excluding steroid dienone is 1. The largest absolute Gasteiger partial charge is 0.493 e. The van der Waals surface area contributed by atoms with Gasteiger partial charge in [0, 0.05) is 5.33 Å². The quantitative estimate of drug-likeness (QED) is 0.730. The molecule has 1 aromatic rings. The van der Waals surface area contributed by atoms with E-state index in [1.807, 2.05) is 18.2 Å². The van der Waals surface area contributed by atoms with E-state index >= 15 is 0 Å². The summed E-state index contributed by atoms with van der Waals surface area (Å²) in [6.07, 6.45) is 3.12. The van der Waals surface area contributed by atoms with Crippen molar-refractivity contribution in [2.24, 2.45) is 0 Å². The Labute approximate surface area is 112 Å². The summed E-state index contributed by atoms with van der Waals surface area (Å²) in [5, 5.41) is 0.878. The van der Waals surface area contributed by atoms with E-state index in [4.69, 9.17) is 9.47 Å². The molecule has 0 aliphatic rings. The fourth-order valence-electron chi connectivity index (χ4n) is 1.43. The van der Waals surface area contributed by atoms with Crippen LogP contribution in [0.2, 0.25) is 0 Å². The Morgan fingerprint density at radius 1 is 1.35 bits per heavy atom. The SMILES string of the molecule is CCCOc1ccc(C=C(C)CBr)cc1OC. The fraction of sp³-hybridized carbons (Fsp3) is 0.429. The monoisotopic (exact) mass is 298 g/mol. The zero-order chi connectivity index (χ0) is 12.7. The molecule has 2 nitrogen and oxygen atoms in total. The number of halogens is 1. The van der Waals surface area contributed by atoms with E-state index in [-0.39, 0.29) is 0 Å². The third kappa shape index (κ3) is 4.43. The highest BCUT2D eigenvalue weighted by Gasteiger charge is 2.04. The first-order chi connectivity index (χ1) is 8.21. The Morgan fingerprint density at radius 3 is 2.71 bits per heavy atom. The summed E-state index contributed by atoms with van der Waals surface area (Å²) in [5.41, 5.74) is 2.40. The molecule has 0 heterocycles. The molecule has 1 aromatic carbocycles. The lowest BCUT2D eigenvalue weighted by molar-refractivity contribution is 0.294. The highest BCUT2D eigenvalue weighted by atomic mass is 79.9. The van der Waals surface area contributed by atoms with Crippen LogP contribution in [-0.4, -0.2) is 19.0 Å². The van der Waals surface area contributed by atoms with Gasteiger partial charge in [-0.15, -0.1) is 0 Å². The summed E-state index contributed by atoms with van der Waals surface area (Å²) < 4.78 is 10.9. The van der Waals surface area contributed by atoms with Crippen molar-refractivity contribution in [3.63, 3.8) is 0 Å². The minimum absolute atomic E-state index is 0.714. The van der Waals surface area contributed by atoms with Crippen LogP contribution in [0, 0.1) is 0 Å². The molecule has 0 saturated heterocycles. The Balaban J connectivity index is 2.92. The predicted octanol–water partition coefficient (Wildman–Crippen LogP) is 4.28. The highest BCUT2D eigenvalue weighted by Crippen LogP contribution is 2.29. The van der Waals surface area contributed by atoms with E-state index in [1.54, 1.807) is 7.11 Å². The molecule has 0 bridgehead atoms. The summed E-state index contributed by atoms with van der Waals surface area (Å²) in [5.74, 6) is 1.59. The van der Waals surface area contributed by atoms with E-state index < -0.39 is 0 Å². The van der Waals surface area contributed by atoms with Gasteiger partial charge in [-0.1, -0.05) is 40.6 Å². The lowest BCUT2D eigenvalue weighted by Crippen LogP contribution is -1.97. The first-order valence-electron chi connectivity index (χ1n) is 5.75. The number of hydrogen-bond donors (Lipinski definition) is 0. The van der Waals surface area contributed by atoms with Crippen molar-refractivity contribution in [1.29, 1.82) is 0 Å². The third-order valence-electron chi connectivity index (χ3n) is 2.27. The van der Waals surface area contributed by atoms with Gasteiger partial charge < -0.3 is 9.47 Å². The Morgan fingerprint density at radius 2 is 2.12 bits per heavy atom. The summed E-state index contributed by atoms with van der Waals surface area (Å²) in [7, 11) is 1.67. The first-order valence-corrected chi connectivity index (χ1v) is 6.87. The van der Waals surface area contributed by atoms with E-state index in [1.165, 1.54) is 5.57 Å². The van der Waals surface area contributed by atoms with Gasteiger partial charge in [0.05, 0.1) is 13.7 Å². The van der Waals surface area contributed by atoms with E-state index in [0.717, 1.165) is 28.8 Å². The molecule has 0 saturated carbocycles. The van der Waals surface area contributed by atoms with Gasteiger partial charge >= 0.3 is 0 Å². The van der Waals surface area contributed by atoms with Crippen molar-refractivity contribution in [3.8, 4) is 11.5 Å². The lowest BCUT2D eigenvalue weighted by atomic mass is 10.1. The lowest BCUT2D eigenvalue weighted by Gasteiger charge is -2.10. The number of methoxy groups -OCH3 is 1. The van der Waals surface area contributed by atoms with Crippen molar-refractivity contribution in [3.05, 3.63) is 29.3 Å². The maximum absolute atomic E-state index is 5.61. The molecule has 0 aliphatic heterocycles. The Kier molecular flexibility index (Phi) is 6.12. The van der Waals surface area contributed by atoms with Crippen LogP contribution < -0.4 is 9.47 Å². The van der Waals surface area contributed by atoms with Crippen molar-refractivity contribution < 1.29 is 9.47 Å². The van der Waals surface area contributed by atoms with Gasteiger partial charge in [0.2, 0.25) is 0 Å². The zero-order valence-electron chi connectivity index (χ0n) is 10.6. The number of benzene rings is 1. The van der Waals surface area contributed by atoms with Crippen molar-refractivity contribution in [1.82, 2.24) is 0 Å². The maximum Gasteiger partial charge on any atom is 0.161 e. The molecule has 0 fully saturated rings. The van der Waals surface area contributed by atoms with Crippen LogP contribution >= 0.6 is 15.9 Å². The van der Waals surface area contributed by atoms with Gasteiger partial charge in [0.25, 0.3) is 0 Å². The third-order valence-corrected chi connectivity index (χ3v) is 3.16. The van der Waals surface area contributed by atoms with Gasteiger partial charge in [-0.3, -0.25) is 0 Å². The molecule has 17 heavy (non-hydrogen) atoms. The van der Waals surface area contributed by atoms with Crippen LogP contribution in [-0.2, 0) is 0 Å². The van der Waals surface area contributed by atoms with Gasteiger partial charge in [0.1, 0.15) is 0 Å². The first kappa shape index (κ1) is 14.1. The maximum atomic E-state index is 5.61. The standard InChI is InChI=1S/C14H19BrO2/c1-4-7-17-13-6-5-12(8-11(2)10-15)9-14(13)16-3/h5-6,8-9H,4,7,10H2,1-3H3. The highest BCUT2D eigenvalue weighted by molar-refractivity contribution is 9.09. The molecule has 0 radical (unpaired) electrons. The predicted molar refractivity (Wildman–Crippen MR) is 76.2 cm³/mol. The molecule has 0 unspecified atom stereocenters. The molecule has 0 atom stereocenters. The average Bonchev–Trinajstić information content (AvgIpc) is 2.36. The summed E-state index contributed by atoms with van der Waals surface area (Å²) in [6, 6.07) is 6.00. The zero-order valence-corrected chi connectivity index (χ0v) is 12.2. The minimum atomic E-state index is 0.714. The van der Waals surface area contributed by atoms with Crippen LogP contribution in [0.3, 0.4) is 0 Å². The van der Waals surface area contributed by atoms with Crippen LogP contribution in [0.15, 0.2) is 23.8 Å². The van der Waals surface area contributed by atoms with E-state index in [9.17, 15) is 0 Å². The summed E-state index contributed by atoms with van der Waals surface area (Å²) in [6.45, 7) is 4.89. The molecule has 0 spiro atoms. The number of hydrogen-bond acceptors (Lipinski definition) is 2. The number of alkyl halides is 1.